The van der Waals surface area contributed by atoms with Crippen LogP contribution in [0.3, 0.4) is 0 Å². The minimum Gasteiger partial charge on any atom is -0.488 e. The number of carboxylic acid groups (broad SMARTS) is 1. The quantitative estimate of drug-likeness (QED) is 0.428. The van der Waals surface area contributed by atoms with Gasteiger partial charge in [0.25, 0.3) is 5.91 Å². The molecule has 0 unspecified atom stereocenters. The third kappa shape index (κ3) is 6.15. The number of nitrogens with zero attached hydrogens (tertiary/aromatic N) is 1. The molecule has 7 heteroatoms. The maximum Gasteiger partial charge on any atom is 0.326 e. The van der Waals surface area contributed by atoms with Crippen LogP contribution in [0.15, 0.2) is 72.8 Å². The van der Waals surface area contributed by atoms with Gasteiger partial charge in [-0.1, -0.05) is 72.8 Å². The number of benzene rings is 3. The number of carboxylic acids is 1. The molecule has 1 amide bonds. The lowest BCUT2D eigenvalue weighted by Crippen LogP contribution is -2.51. The van der Waals surface area contributed by atoms with Crippen LogP contribution in [0, 0.1) is 6.92 Å². The summed E-state index contributed by atoms with van der Waals surface area (Å²) in [6.45, 7) is 2.48. The molecular formula is C32H35NO6. The van der Waals surface area contributed by atoms with Crippen LogP contribution in [0.5, 0.6) is 5.75 Å². The molecule has 5 rings (SSSR count). The minimum absolute atomic E-state index is 0.152. The zero-order valence-corrected chi connectivity index (χ0v) is 22.2. The number of hydrogen-bond acceptors (Lipinski definition) is 5. The van der Waals surface area contributed by atoms with Crippen LogP contribution >= 0.6 is 0 Å². The van der Waals surface area contributed by atoms with Crippen molar-refractivity contribution < 1.29 is 29.3 Å². The molecule has 204 valence electrons. The maximum atomic E-state index is 14.1. The van der Waals surface area contributed by atoms with Crippen molar-refractivity contribution in [1.82, 2.24) is 4.90 Å². The van der Waals surface area contributed by atoms with Gasteiger partial charge in [-0.2, -0.15) is 0 Å². The molecule has 0 bridgehead atoms. The highest BCUT2D eigenvalue weighted by atomic mass is 16.5. The van der Waals surface area contributed by atoms with Crippen LogP contribution in [0.4, 0.5) is 0 Å². The SMILES string of the molecule is Cc1ccc2c(c1OCc1ccccc1)C[C@@H](C(=O)O)N(C(=O)[C@H](O[C@H]1CC[C@@H](O)CC1)c1ccccc1)C2. The second-order valence-corrected chi connectivity index (χ2v) is 10.5. The van der Waals surface area contributed by atoms with E-state index in [0.717, 1.165) is 22.3 Å². The molecule has 1 aliphatic carbocycles. The molecule has 7 nitrogen and oxygen atoms in total. The topological polar surface area (TPSA) is 96.3 Å². The van der Waals surface area contributed by atoms with Gasteiger partial charge >= 0.3 is 5.97 Å². The van der Waals surface area contributed by atoms with Crippen LogP contribution in [0.25, 0.3) is 0 Å². The Labute approximate surface area is 229 Å². The Morgan fingerprint density at radius 2 is 1.62 bits per heavy atom. The van der Waals surface area contributed by atoms with Gasteiger partial charge in [-0.15, -0.1) is 0 Å². The summed E-state index contributed by atoms with van der Waals surface area (Å²) in [5.41, 5.74) is 4.36. The van der Waals surface area contributed by atoms with Crippen molar-refractivity contribution in [2.75, 3.05) is 0 Å². The van der Waals surface area contributed by atoms with Gasteiger partial charge in [-0.3, -0.25) is 4.79 Å². The fraction of sp³-hybridized carbons (Fsp3) is 0.375. The van der Waals surface area contributed by atoms with Gasteiger partial charge in [-0.25, -0.2) is 4.79 Å². The van der Waals surface area contributed by atoms with Gasteiger partial charge in [0.05, 0.1) is 12.2 Å². The van der Waals surface area contributed by atoms with E-state index < -0.39 is 18.1 Å². The zero-order valence-electron chi connectivity index (χ0n) is 22.2. The molecule has 39 heavy (non-hydrogen) atoms. The molecule has 3 aromatic carbocycles. The average molecular weight is 530 g/mol. The summed E-state index contributed by atoms with van der Waals surface area (Å²) in [5, 5.41) is 20.2. The van der Waals surface area contributed by atoms with E-state index in [4.69, 9.17) is 9.47 Å². The molecule has 0 aromatic heterocycles. The van der Waals surface area contributed by atoms with Crippen LogP contribution in [0.2, 0.25) is 0 Å². The highest BCUT2D eigenvalue weighted by Crippen LogP contribution is 2.37. The third-order valence-electron chi connectivity index (χ3n) is 7.76. The summed E-state index contributed by atoms with van der Waals surface area (Å²) in [6.07, 6.45) is 1.28. The Balaban J connectivity index is 1.43. The van der Waals surface area contributed by atoms with E-state index in [9.17, 15) is 19.8 Å². The summed E-state index contributed by atoms with van der Waals surface area (Å²) in [5.74, 6) is -0.735. The first-order chi connectivity index (χ1) is 18.9. The average Bonchev–Trinajstić information content (AvgIpc) is 2.96. The molecule has 3 aromatic rings. The number of aliphatic hydroxyl groups excluding tert-OH is 1. The highest BCUT2D eigenvalue weighted by molar-refractivity contribution is 5.88. The van der Waals surface area contributed by atoms with Crippen molar-refractivity contribution in [2.24, 2.45) is 0 Å². The lowest BCUT2D eigenvalue weighted by Gasteiger charge is -2.38. The summed E-state index contributed by atoms with van der Waals surface area (Å²) in [4.78, 5) is 28.1. The molecule has 1 heterocycles. The van der Waals surface area contributed by atoms with Crippen molar-refractivity contribution in [2.45, 2.75) is 76.5 Å². The van der Waals surface area contributed by atoms with E-state index in [1.807, 2.05) is 79.7 Å². The predicted octanol–water partition coefficient (Wildman–Crippen LogP) is 4.97. The molecule has 0 spiro atoms. The first-order valence-corrected chi connectivity index (χ1v) is 13.6. The largest absolute Gasteiger partial charge is 0.488 e. The van der Waals surface area contributed by atoms with Crippen molar-refractivity contribution in [3.05, 3.63) is 101 Å². The molecule has 2 atom stereocenters. The van der Waals surface area contributed by atoms with Crippen LogP contribution in [0.1, 0.15) is 59.6 Å². The van der Waals surface area contributed by atoms with Gasteiger partial charge in [0.2, 0.25) is 0 Å². The van der Waals surface area contributed by atoms with E-state index in [-0.39, 0.29) is 31.1 Å². The Kier molecular flexibility index (Phi) is 8.29. The van der Waals surface area contributed by atoms with Crippen LogP contribution < -0.4 is 4.74 Å². The minimum atomic E-state index is -1.06. The number of aliphatic carboxylic acids is 1. The molecule has 2 N–H and O–H groups in total. The second-order valence-electron chi connectivity index (χ2n) is 10.5. The molecule has 2 aliphatic rings. The van der Waals surface area contributed by atoms with E-state index in [1.165, 1.54) is 4.90 Å². The Morgan fingerprint density at radius 3 is 2.28 bits per heavy atom. The van der Waals surface area contributed by atoms with Gasteiger partial charge in [-0.05, 0) is 54.9 Å². The number of ether oxygens (including phenoxy) is 2. The van der Waals surface area contributed by atoms with Gasteiger partial charge in [0.1, 0.15) is 18.4 Å². The normalized spacial score (nSPS) is 21.6. The summed E-state index contributed by atoms with van der Waals surface area (Å²) >= 11 is 0. The van der Waals surface area contributed by atoms with Crippen molar-refractivity contribution >= 4 is 11.9 Å². The monoisotopic (exact) mass is 529 g/mol. The van der Waals surface area contributed by atoms with E-state index in [2.05, 4.69) is 0 Å². The molecule has 1 aliphatic heterocycles. The molecule has 1 saturated carbocycles. The lowest BCUT2D eigenvalue weighted by atomic mass is 9.90. The van der Waals surface area contributed by atoms with E-state index in [1.54, 1.807) is 0 Å². The number of hydrogen-bond donors (Lipinski definition) is 2. The van der Waals surface area contributed by atoms with E-state index >= 15 is 0 Å². The first kappa shape index (κ1) is 26.9. The number of amides is 1. The van der Waals surface area contributed by atoms with Gasteiger partial charge < -0.3 is 24.6 Å². The fourth-order valence-corrected chi connectivity index (χ4v) is 5.57. The summed E-state index contributed by atoms with van der Waals surface area (Å²) in [6, 6.07) is 22.0. The standard InChI is InChI=1S/C32H35NO6/c1-21-12-13-24-19-33(28(32(36)37)18-27(24)29(21)38-20-22-8-4-2-5-9-22)31(35)30(23-10-6-3-7-11-23)39-26-16-14-25(34)15-17-26/h2-13,25-26,28,30,34H,14-20H2,1H3,(H,36,37)/t25-,26+,28-,30+/m0/s1. The van der Waals surface area contributed by atoms with Crippen molar-refractivity contribution in [1.29, 1.82) is 0 Å². The predicted molar refractivity (Wildman–Crippen MR) is 146 cm³/mol. The molecule has 1 fully saturated rings. The Hall–Kier alpha value is -3.68. The summed E-state index contributed by atoms with van der Waals surface area (Å²) in [7, 11) is 0. The van der Waals surface area contributed by atoms with Crippen molar-refractivity contribution in [3.8, 4) is 5.75 Å². The number of fused-ring (bicyclic) bond motifs is 1. The zero-order chi connectivity index (χ0) is 27.4. The number of aryl methyl sites for hydroxylation is 1. The van der Waals surface area contributed by atoms with Crippen molar-refractivity contribution in [3.63, 3.8) is 0 Å². The maximum absolute atomic E-state index is 14.1. The Bertz CT molecular complexity index is 1290. The number of rotatable bonds is 8. The van der Waals surface area contributed by atoms with Gasteiger partial charge in [0.15, 0.2) is 6.10 Å². The lowest BCUT2D eigenvalue weighted by molar-refractivity contribution is -0.161. The third-order valence-corrected chi connectivity index (χ3v) is 7.76. The summed E-state index contributed by atoms with van der Waals surface area (Å²) < 4.78 is 12.6. The van der Waals surface area contributed by atoms with Gasteiger partial charge in [0, 0.05) is 18.5 Å². The molecule has 0 saturated heterocycles. The number of aliphatic hydroxyl groups is 1. The van der Waals surface area contributed by atoms with Crippen LogP contribution in [-0.2, 0) is 33.9 Å². The number of carbonyl (C=O) groups excluding carboxylic acids is 1. The second kappa shape index (κ2) is 12.0. The highest BCUT2D eigenvalue weighted by Gasteiger charge is 2.40. The molecule has 0 radical (unpaired) electrons. The Morgan fingerprint density at radius 1 is 0.949 bits per heavy atom. The number of carbonyl (C=O) groups is 2. The first-order valence-electron chi connectivity index (χ1n) is 13.6. The fourth-order valence-electron chi connectivity index (χ4n) is 5.57. The molecular weight excluding hydrogens is 494 g/mol. The van der Waals surface area contributed by atoms with Crippen LogP contribution in [-0.4, -0.2) is 45.2 Å². The van der Waals surface area contributed by atoms with E-state index in [0.29, 0.717) is 43.6 Å². The smallest absolute Gasteiger partial charge is 0.326 e.